The molecule has 106 valence electrons. The summed E-state index contributed by atoms with van der Waals surface area (Å²) in [5.74, 6) is 0.520. The second kappa shape index (κ2) is 6.04. The van der Waals surface area contributed by atoms with E-state index in [2.05, 4.69) is 56.1 Å². The van der Waals surface area contributed by atoms with Crippen molar-refractivity contribution in [3.8, 4) is 0 Å². The van der Waals surface area contributed by atoms with Crippen molar-refractivity contribution < 1.29 is 5.11 Å². The molecule has 0 aliphatic heterocycles. The quantitative estimate of drug-likeness (QED) is 0.900. The number of rotatable bonds is 4. The predicted octanol–water partition coefficient (Wildman–Crippen LogP) is 2.09. The number of fused-ring (bicyclic) bond motifs is 1. The smallest absolute Gasteiger partial charge is 0.0948 e. The van der Waals surface area contributed by atoms with Crippen LogP contribution in [0.5, 0.6) is 0 Å². The fraction of sp³-hybridized carbons (Fsp3) is 0.625. The van der Waals surface area contributed by atoms with E-state index in [4.69, 9.17) is 0 Å². The Morgan fingerprint density at radius 1 is 1.11 bits per heavy atom. The lowest BCUT2D eigenvalue weighted by Crippen LogP contribution is -2.43. The second-order valence-corrected chi connectivity index (χ2v) is 6.06. The fourth-order valence-electron chi connectivity index (χ4n) is 3.00. The summed E-state index contributed by atoms with van der Waals surface area (Å²) in [6.07, 6.45) is 0.668. The first-order valence-electron chi connectivity index (χ1n) is 7.12. The molecule has 0 spiro atoms. The van der Waals surface area contributed by atoms with Crippen LogP contribution in [-0.4, -0.2) is 55.2 Å². The maximum atomic E-state index is 10.6. The molecular weight excluding hydrogens is 236 g/mol. The normalized spacial score (nSPS) is 26.8. The van der Waals surface area contributed by atoms with E-state index in [1.54, 1.807) is 0 Å². The summed E-state index contributed by atoms with van der Waals surface area (Å²) >= 11 is 0. The number of aliphatic hydroxyl groups is 1. The monoisotopic (exact) mass is 262 g/mol. The van der Waals surface area contributed by atoms with E-state index in [9.17, 15) is 5.11 Å². The molecule has 1 aliphatic rings. The average molecular weight is 262 g/mol. The maximum absolute atomic E-state index is 10.6. The highest BCUT2D eigenvalue weighted by molar-refractivity contribution is 5.35. The van der Waals surface area contributed by atoms with Gasteiger partial charge in [0.2, 0.25) is 0 Å². The van der Waals surface area contributed by atoms with Gasteiger partial charge in [-0.05, 0) is 44.6 Å². The average Bonchev–Trinajstić information content (AvgIpc) is 2.40. The number of hydrogen-bond acceptors (Lipinski definition) is 3. The van der Waals surface area contributed by atoms with E-state index in [1.807, 2.05) is 6.07 Å². The molecular formula is C16H26N2O. The summed E-state index contributed by atoms with van der Waals surface area (Å²) < 4.78 is 0. The van der Waals surface area contributed by atoms with Crippen molar-refractivity contribution in [1.29, 1.82) is 0 Å². The van der Waals surface area contributed by atoms with Crippen LogP contribution in [0.4, 0.5) is 0 Å². The highest BCUT2D eigenvalue weighted by atomic mass is 16.3. The minimum absolute atomic E-state index is 0.227. The van der Waals surface area contributed by atoms with Gasteiger partial charge in [-0.1, -0.05) is 31.2 Å². The van der Waals surface area contributed by atoms with E-state index >= 15 is 0 Å². The predicted molar refractivity (Wildman–Crippen MR) is 79.4 cm³/mol. The Kier molecular flexibility index (Phi) is 4.61. The van der Waals surface area contributed by atoms with Gasteiger partial charge >= 0.3 is 0 Å². The molecule has 2 rings (SSSR count). The van der Waals surface area contributed by atoms with Gasteiger partial charge in [-0.3, -0.25) is 4.90 Å². The van der Waals surface area contributed by atoms with E-state index in [0.717, 1.165) is 25.1 Å². The first kappa shape index (κ1) is 14.5. The zero-order valence-electron chi connectivity index (χ0n) is 12.5. The summed E-state index contributed by atoms with van der Waals surface area (Å²) in [5.41, 5.74) is 2.43. The summed E-state index contributed by atoms with van der Waals surface area (Å²) in [5, 5.41) is 10.6. The minimum atomic E-state index is -0.362. The summed E-state index contributed by atoms with van der Waals surface area (Å²) in [6, 6.07) is 8.54. The lowest BCUT2D eigenvalue weighted by Gasteiger charge is -2.39. The van der Waals surface area contributed by atoms with Crippen LogP contribution in [0.3, 0.4) is 0 Å². The van der Waals surface area contributed by atoms with Crippen LogP contribution in [0.15, 0.2) is 24.3 Å². The van der Waals surface area contributed by atoms with Gasteiger partial charge in [-0.25, -0.2) is 0 Å². The fourth-order valence-corrected chi connectivity index (χ4v) is 3.00. The third kappa shape index (κ3) is 3.16. The minimum Gasteiger partial charge on any atom is -0.387 e. The van der Waals surface area contributed by atoms with Gasteiger partial charge in [-0.2, -0.15) is 0 Å². The molecule has 0 saturated carbocycles. The maximum Gasteiger partial charge on any atom is 0.0948 e. The molecule has 19 heavy (non-hydrogen) atoms. The van der Waals surface area contributed by atoms with Crippen molar-refractivity contribution in [2.45, 2.75) is 31.4 Å². The van der Waals surface area contributed by atoms with Gasteiger partial charge in [-0.15, -0.1) is 0 Å². The molecule has 1 aromatic rings. The highest BCUT2D eigenvalue weighted by Crippen LogP contribution is 2.39. The second-order valence-electron chi connectivity index (χ2n) is 6.06. The van der Waals surface area contributed by atoms with Crippen LogP contribution in [-0.2, 0) is 0 Å². The summed E-state index contributed by atoms with van der Waals surface area (Å²) in [6.45, 7) is 4.27. The lowest BCUT2D eigenvalue weighted by molar-refractivity contribution is 0.0422. The van der Waals surface area contributed by atoms with Gasteiger partial charge in [0.05, 0.1) is 6.10 Å². The zero-order chi connectivity index (χ0) is 14.0. The van der Waals surface area contributed by atoms with Crippen LogP contribution in [0.1, 0.15) is 36.5 Å². The SMILES string of the molecule is CC1CC(N(C)CCN(C)C)C(O)c2ccccc21. The molecule has 0 bridgehead atoms. The van der Waals surface area contributed by atoms with Gasteiger partial charge in [0.1, 0.15) is 0 Å². The molecule has 0 heterocycles. The molecule has 0 fully saturated rings. The van der Waals surface area contributed by atoms with Crippen LogP contribution >= 0.6 is 0 Å². The van der Waals surface area contributed by atoms with Crippen molar-refractivity contribution in [2.24, 2.45) is 0 Å². The van der Waals surface area contributed by atoms with Crippen molar-refractivity contribution in [3.63, 3.8) is 0 Å². The number of likely N-dealkylation sites (N-methyl/N-ethyl adjacent to an activating group) is 2. The van der Waals surface area contributed by atoms with E-state index in [-0.39, 0.29) is 12.1 Å². The van der Waals surface area contributed by atoms with Crippen LogP contribution < -0.4 is 0 Å². The van der Waals surface area contributed by atoms with Crippen molar-refractivity contribution in [3.05, 3.63) is 35.4 Å². The molecule has 3 heteroatoms. The molecule has 3 nitrogen and oxygen atoms in total. The largest absolute Gasteiger partial charge is 0.387 e. The Balaban J connectivity index is 2.13. The molecule has 1 aliphatic carbocycles. The van der Waals surface area contributed by atoms with Crippen molar-refractivity contribution in [1.82, 2.24) is 9.80 Å². The Hall–Kier alpha value is -0.900. The summed E-state index contributed by atoms with van der Waals surface area (Å²) in [7, 11) is 6.30. The first-order valence-corrected chi connectivity index (χ1v) is 7.12. The Morgan fingerprint density at radius 3 is 2.37 bits per heavy atom. The number of hydrogen-bond donors (Lipinski definition) is 1. The molecule has 0 amide bonds. The van der Waals surface area contributed by atoms with Crippen LogP contribution in [0.25, 0.3) is 0 Å². The topological polar surface area (TPSA) is 26.7 Å². The third-order valence-corrected chi connectivity index (χ3v) is 4.27. The third-order valence-electron chi connectivity index (χ3n) is 4.27. The molecule has 1 N–H and O–H groups in total. The Morgan fingerprint density at radius 2 is 1.74 bits per heavy atom. The molecule has 3 atom stereocenters. The zero-order valence-corrected chi connectivity index (χ0v) is 12.5. The van der Waals surface area contributed by atoms with Gasteiger partial charge in [0, 0.05) is 19.1 Å². The molecule has 0 aromatic heterocycles. The van der Waals surface area contributed by atoms with Crippen LogP contribution in [0.2, 0.25) is 0 Å². The molecule has 1 aromatic carbocycles. The van der Waals surface area contributed by atoms with Gasteiger partial charge < -0.3 is 10.0 Å². The number of nitrogens with zero attached hydrogens (tertiary/aromatic N) is 2. The highest BCUT2D eigenvalue weighted by Gasteiger charge is 2.33. The van der Waals surface area contributed by atoms with E-state index < -0.39 is 0 Å². The van der Waals surface area contributed by atoms with Gasteiger partial charge in [0.15, 0.2) is 0 Å². The lowest BCUT2D eigenvalue weighted by atomic mass is 9.79. The van der Waals surface area contributed by atoms with Crippen molar-refractivity contribution in [2.75, 3.05) is 34.2 Å². The molecule has 3 unspecified atom stereocenters. The Bertz CT molecular complexity index is 419. The van der Waals surface area contributed by atoms with Crippen LogP contribution in [0, 0.1) is 0 Å². The summed E-state index contributed by atoms with van der Waals surface area (Å²) in [4.78, 5) is 4.49. The Labute approximate surface area is 116 Å². The number of benzene rings is 1. The number of aliphatic hydroxyl groups excluding tert-OH is 1. The molecule has 0 saturated heterocycles. The first-order chi connectivity index (χ1) is 9.00. The molecule has 0 radical (unpaired) electrons. The van der Waals surface area contributed by atoms with E-state index in [1.165, 1.54) is 5.56 Å². The van der Waals surface area contributed by atoms with Crippen molar-refractivity contribution >= 4 is 0 Å². The standard InChI is InChI=1S/C16H26N2O/c1-12-11-15(18(4)10-9-17(2)3)16(19)14-8-6-5-7-13(12)14/h5-8,12,15-16,19H,9-11H2,1-4H3. The van der Waals surface area contributed by atoms with Gasteiger partial charge in [0.25, 0.3) is 0 Å². The van der Waals surface area contributed by atoms with E-state index in [0.29, 0.717) is 5.92 Å².